The number of esters is 1. The molecule has 7 heteroatoms. The maximum Gasteiger partial charge on any atom is 0.338 e. The summed E-state index contributed by atoms with van der Waals surface area (Å²) >= 11 is 0. The Hall–Kier alpha value is -3.09. The molecule has 0 aliphatic carbocycles. The topological polar surface area (TPSA) is 86.1 Å². The molecule has 2 heterocycles. The number of aromatic nitrogens is 3. The van der Waals surface area contributed by atoms with Crippen molar-refractivity contribution >= 4 is 16.9 Å². The van der Waals surface area contributed by atoms with Gasteiger partial charge in [0.2, 0.25) is 0 Å². The van der Waals surface area contributed by atoms with E-state index in [0.29, 0.717) is 34.5 Å². The minimum absolute atomic E-state index is 0.195. The van der Waals surface area contributed by atoms with Crippen molar-refractivity contribution in [2.45, 2.75) is 13.8 Å². The Bertz CT molecular complexity index is 1040. The monoisotopic (exact) mass is 327 g/mol. The Kier molecular flexibility index (Phi) is 3.84. The fourth-order valence-electron chi connectivity index (χ4n) is 2.77. The van der Waals surface area contributed by atoms with E-state index in [1.165, 1.54) is 15.3 Å². The number of hydrogen-bond donors (Lipinski definition) is 1. The lowest BCUT2D eigenvalue weighted by Gasteiger charge is -2.11. The second kappa shape index (κ2) is 5.84. The molecule has 124 valence electrons. The van der Waals surface area contributed by atoms with Crippen LogP contribution in [0.4, 0.5) is 0 Å². The minimum atomic E-state index is -0.414. The average Bonchev–Trinajstić information content (AvgIpc) is 2.82. The molecule has 0 radical (unpaired) electrons. The van der Waals surface area contributed by atoms with Gasteiger partial charge in [0.25, 0.3) is 11.1 Å². The van der Waals surface area contributed by atoms with Crippen molar-refractivity contribution in [1.82, 2.24) is 14.3 Å². The van der Waals surface area contributed by atoms with Gasteiger partial charge in [-0.05, 0) is 38.1 Å². The van der Waals surface area contributed by atoms with E-state index in [-0.39, 0.29) is 11.1 Å². The molecular weight excluding hydrogens is 310 g/mol. The van der Waals surface area contributed by atoms with Crippen LogP contribution in [0.3, 0.4) is 0 Å². The van der Waals surface area contributed by atoms with Crippen molar-refractivity contribution in [3.05, 3.63) is 62.3 Å². The SMILES string of the molecule is CCOC(=O)c1ccc(-n2c(C)c3c(=O)n(C)[nH]c3cc2=O)cc1. The molecule has 1 aromatic carbocycles. The first-order valence-corrected chi connectivity index (χ1v) is 7.53. The normalized spacial score (nSPS) is 11.0. The van der Waals surface area contributed by atoms with Crippen LogP contribution in [-0.2, 0) is 11.8 Å². The molecule has 0 bridgehead atoms. The molecule has 0 saturated carbocycles. The predicted octanol–water partition coefficient (Wildman–Crippen LogP) is 1.50. The van der Waals surface area contributed by atoms with E-state index in [0.717, 1.165) is 0 Å². The van der Waals surface area contributed by atoms with Crippen LogP contribution in [0.25, 0.3) is 16.6 Å². The summed E-state index contributed by atoms with van der Waals surface area (Å²) in [6, 6.07) is 7.90. The lowest BCUT2D eigenvalue weighted by atomic mass is 10.2. The number of ether oxygens (including phenoxy) is 1. The summed E-state index contributed by atoms with van der Waals surface area (Å²) in [6.45, 7) is 3.76. The Morgan fingerprint density at radius 3 is 2.50 bits per heavy atom. The predicted molar refractivity (Wildman–Crippen MR) is 89.8 cm³/mol. The highest BCUT2D eigenvalue weighted by molar-refractivity contribution is 5.89. The number of H-pyrrole nitrogens is 1. The van der Waals surface area contributed by atoms with E-state index >= 15 is 0 Å². The van der Waals surface area contributed by atoms with Crippen molar-refractivity contribution < 1.29 is 9.53 Å². The Balaban J connectivity index is 2.16. The number of pyridine rings is 1. The van der Waals surface area contributed by atoms with Crippen LogP contribution >= 0.6 is 0 Å². The molecule has 24 heavy (non-hydrogen) atoms. The summed E-state index contributed by atoms with van der Waals surface area (Å²) in [7, 11) is 1.60. The molecule has 2 aromatic heterocycles. The number of benzene rings is 1. The summed E-state index contributed by atoms with van der Waals surface area (Å²) in [4.78, 5) is 36.4. The fraction of sp³-hybridized carbons (Fsp3) is 0.235. The Morgan fingerprint density at radius 2 is 1.88 bits per heavy atom. The average molecular weight is 327 g/mol. The van der Waals surface area contributed by atoms with Crippen LogP contribution in [0.2, 0.25) is 0 Å². The molecule has 0 amide bonds. The van der Waals surface area contributed by atoms with Crippen LogP contribution < -0.4 is 11.1 Å². The summed E-state index contributed by atoms with van der Waals surface area (Å²) < 4.78 is 7.73. The van der Waals surface area contributed by atoms with Crippen molar-refractivity contribution in [1.29, 1.82) is 0 Å². The van der Waals surface area contributed by atoms with Gasteiger partial charge in [-0.3, -0.25) is 23.9 Å². The van der Waals surface area contributed by atoms with Crippen molar-refractivity contribution in [3.63, 3.8) is 0 Å². The second-order valence-electron chi connectivity index (χ2n) is 5.44. The van der Waals surface area contributed by atoms with Crippen LogP contribution in [0.1, 0.15) is 23.0 Å². The highest BCUT2D eigenvalue weighted by atomic mass is 16.5. The fourth-order valence-corrected chi connectivity index (χ4v) is 2.77. The van der Waals surface area contributed by atoms with E-state index < -0.39 is 5.97 Å². The first-order valence-electron chi connectivity index (χ1n) is 7.53. The number of rotatable bonds is 3. The molecule has 3 aromatic rings. The molecule has 0 spiro atoms. The Labute approximate surface area is 137 Å². The third-order valence-corrected chi connectivity index (χ3v) is 3.90. The van der Waals surface area contributed by atoms with E-state index in [4.69, 9.17) is 4.74 Å². The molecule has 7 nitrogen and oxygen atoms in total. The maximum absolute atomic E-state index is 12.4. The summed E-state index contributed by atoms with van der Waals surface area (Å²) in [5.74, 6) is -0.414. The van der Waals surface area contributed by atoms with Gasteiger partial charge in [0.1, 0.15) is 0 Å². The number of aromatic amines is 1. The van der Waals surface area contributed by atoms with Gasteiger partial charge in [-0.1, -0.05) is 0 Å². The standard InChI is InChI=1S/C17H17N3O4/c1-4-24-17(23)11-5-7-12(8-6-11)20-10(2)15-13(9-14(20)21)18-19(3)16(15)22/h5-9,18H,4H2,1-3H3. The van der Waals surface area contributed by atoms with Crippen LogP contribution in [0, 0.1) is 6.92 Å². The quantitative estimate of drug-likeness (QED) is 0.739. The molecule has 0 unspecified atom stereocenters. The van der Waals surface area contributed by atoms with Gasteiger partial charge >= 0.3 is 5.97 Å². The zero-order chi connectivity index (χ0) is 17.4. The number of nitrogens with zero attached hydrogens (tertiary/aromatic N) is 2. The minimum Gasteiger partial charge on any atom is -0.462 e. The number of carbonyl (C=O) groups excluding carboxylic acids is 1. The molecule has 0 aliphatic heterocycles. The summed E-state index contributed by atoms with van der Waals surface area (Å²) in [5, 5.41) is 3.32. The van der Waals surface area contributed by atoms with Gasteiger partial charge in [-0.25, -0.2) is 4.79 Å². The molecule has 0 saturated heterocycles. The Morgan fingerprint density at radius 1 is 1.21 bits per heavy atom. The van der Waals surface area contributed by atoms with Crippen molar-refractivity contribution in [2.24, 2.45) is 7.05 Å². The van der Waals surface area contributed by atoms with Crippen LogP contribution in [-0.4, -0.2) is 26.9 Å². The van der Waals surface area contributed by atoms with E-state index in [2.05, 4.69) is 5.10 Å². The molecule has 0 aliphatic rings. The zero-order valence-corrected chi connectivity index (χ0v) is 13.6. The van der Waals surface area contributed by atoms with E-state index in [9.17, 15) is 14.4 Å². The largest absolute Gasteiger partial charge is 0.462 e. The maximum atomic E-state index is 12.4. The first kappa shape index (κ1) is 15.8. The summed E-state index contributed by atoms with van der Waals surface area (Å²) in [6.07, 6.45) is 0. The smallest absolute Gasteiger partial charge is 0.338 e. The lowest BCUT2D eigenvalue weighted by Crippen LogP contribution is -2.21. The molecule has 1 N–H and O–H groups in total. The van der Waals surface area contributed by atoms with Gasteiger partial charge in [0, 0.05) is 24.5 Å². The number of nitrogens with one attached hydrogen (secondary N) is 1. The lowest BCUT2D eigenvalue weighted by molar-refractivity contribution is 0.0526. The highest BCUT2D eigenvalue weighted by Crippen LogP contribution is 2.16. The van der Waals surface area contributed by atoms with Crippen molar-refractivity contribution in [3.8, 4) is 5.69 Å². The van der Waals surface area contributed by atoms with Gasteiger partial charge in [0.05, 0.1) is 23.1 Å². The number of fused-ring (bicyclic) bond motifs is 1. The van der Waals surface area contributed by atoms with Crippen LogP contribution in [0.5, 0.6) is 0 Å². The number of carbonyl (C=O) groups is 1. The summed E-state index contributed by atoms with van der Waals surface area (Å²) in [5.41, 5.74) is 1.58. The van der Waals surface area contributed by atoms with Gasteiger partial charge in [-0.2, -0.15) is 0 Å². The van der Waals surface area contributed by atoms with Gasteiger partial charge < -0.3 is 4.74 Å². The van der Waals surface area contributed by atoms with Gasteiger partial charge in [0.15, 0.2) is 0 Å². The van der Waals surface area contributed by atoms with E-state index in [1.807, 2.05) is 0 Å². The van der Waals surface area contributed by atoms with E-state index in [1.54, 1.807) is 45.2 Å². The highest BCUT2D eigenvalue weighted by Gasteiger charge is 2.14. The van der Waals surface area contributed by atoms with Gasteiger partial charge in [-0.15, -0.1) is 0 Å². The third kappa shape index (κ3) is 2.44. The van der Waals surface area contributed by atoms with Crippen molar-refractivity contribution in [2.75, 3.05) is 6.61 Å². The number of hydrogen-bond acceptors (Lipinski definition) is 4. The zero-order valence-electron chi connectivity index (χ0n) is 13.6. The second-order valence-corrected chi connectivity index (χ2v) is 5.44. The molecule has 0 atom stereocenters. The third-order valence-electron chi connectivity index (χ3n) is 3.90. The molecule has 0 fully saturated rings. The first-order chi connectivity index (χ1) is 11.4. The molecule has 3 rings (SSSR count). The molecular formula is C17H17N3O4. The number of aryl methyl sites for hydroxylation is 2. The van der Waals surface area contributed by atoms with Crippen LogP contribution in [0.15, 0.2) is 39.9 Å².